The van der Waals surface area contributed by atoms with Crippen LogP contribution in [0.4, 0.5) is 5.69 Å². The number of imide groups is 1. The number of esters is 1. The highest BCUT2D eigenvalue weighted by molar-refractivity contribution is 7.92. The lowest BCUT2D eigenvalue weighted by molar-refractivity contribution is 0.0228. The van der Waals surface area contributed by atoms with Crippen LogP contribution in [0.15, 0.2) is 83.8 Å². The molecule has 4 rings (SSSR count). The molecule has 0 unspecified atom stereocenters. The van der Waals surface area contributed by atoms with Gasteiger partial charge in [-0.3, -0.25) is 13.9 Å². The molecule has 0 aromatic heterocycles. The van der Waals surface area contributed by atoms with Gasteiger partial charge in [0.25, 0.3) is 21.8 Å². The number of rotatable bonds is 6. The summed E-state index contributed by atoms with van der Waals surface area (Å²) >= 11 is 0. The molecule has 162 valence electrons. The third kappa shape index (κ3) is 3.74. The maximum Gasteiger partial charge on any atom is 0.339 e. The Balaban J connectivity index is 1.50. The number of fused-ring (bicyclic) bond motifs is 1. The summed E-state index contributed by atoms with van der Waals surface area (Å²) in [6, 6.07) is 20.2. The molecule has 0 atom stereocenters. The number of amides is 2. The molecule has 9 heteroatoms. The van der Waals surface area contributed by atoms with Crippen LogP contribution in [0.1, 0.15) is 31.1 Å². The van der Waals surface area contributed by atoms with E-state index < -0.39 is 34.5 Å². The average Bonchev–Trinajstić information content (AvgIpc) is 3.07. The predicted molar refractivity (Wildman–Crippen MR) is 116 cm³/mol. The number of nitrogens with zero attached hydrogens (tertiary/aromatic N) is 2. The molecule has 1 aliphatic rings. The summed E-state index contributed by atoms with van der Waals surface area (Å²) in [7, 11) is -2.51. The Bertz CT molecular complexity index is 1290. The van der Waals surface area contributed by atoms with Crippen molar-refractivity contribution in [2.24, 2.45) is 0 Å². The number of sulfonamides is 1. The van der Waals surface area contributed by atoms with E-state index in [1.807, 2.05) is 0 Å². The lowest BCUT2D eigenvalue weighted by atomic mass is 10.1. The summed E-state index contributed by atoms with van der Waals surface area (Å²) < 4.78 is 32.2. The number of carbonyl (C=O) groups excluding carboxylic acids is 3. The van der Waals surface area contributed by atoms with Crippen molar-refractivity contribution < 1.29 is 27.5 Å². The van der Waals surface area contributed by atoms with E-state index in [1.54, 1.807) is 42.5 Å². The van der Waals surface area contributed by atoms with Crippen molar-refractivity contribution in [1.29, 1.82) is 0 Å². The van der Waals surface area contributed by atoms with Crippen molar-refractivity contribution in [3.63, 3.8) is 0 Å². The van der Waals surface area contributed by atoms with Gasteiger partial charge in [-0.05, 0) is 42.5 Å². The monoisotopic (exact) mass is 450 g/mol. The van der Waals surface area contributed by atoms with Gasteiger partial charge in [0.2, 0.25) is 0 Å². The summed E-state index contributed by atoms with van der Waals surface area (Å²) in [6.45, 7) is -0.577. The molecular weight excluding hydrogens is 432 g/mol. The second-order valence-corrected chi connectivity index (χ2v) is 8.95. The summed E-state index contributed by atoms with van der Waals surface area (Å²) in [5.74, 6) is -1.97. The van der Waals surface area contributed by atoms with E-state index in [2.05, 4.69) is 0 Å². The van der Waals surface area contributed by atoms with E-state index in [4.69, 9.17) is 4.74 Å². The first kappa shape index (κ1) is 21.3. The van der Waals surface area contributed by atoms with Gasteiger partial charge in [0.15, 0.2) is 6.73 Å². The first-order valence-electron chi connectivity index (χ1n) is 9.57. The van der Waals surface area contributed by atoms with Crippen LogP contribution in [-0.4, -0.2) is 44.9 Å². The second kappa shape index (κ2) is 8.27. The molecule has 0 N–H and O–H groups in total. The Morgan fingerprint density at radius 2 is 1.47 bits per heavy atom. The summed E-state index contributed by atoms with van der Waals surface area (Å²) in [4.78, 5) is 38.0. The molecule has 2 amide bonds. The van der Waals surface area contributed by atoms with Crippen LogP contribution >= 0.6 is 0 Å². The van der Waals surface area contributed by atoms with Crippen LogP contribution in [0, 0.1) is 0 Å². The van der Waals surface area contributed by atoms with E-state index in [0.717, 1.165) is 9.21 Å². The zero-order chi connectivity index (χ0) is 22.9. The Hall–Kier alpha value is -3.98. The van der Waals surface area contributed by atoms with Gasteiger partial charge in [0.1, 0.15) is 0 Å². The van der Waals surface area contributed by atoms with Crippen LogP contribution in [0.5, 0.6) is 0 Å². The van der Waals surface area contributed by atoms with Crippen LogP contribution in [0.2, 0.25) is 0 Å². The first-order chi connectivity index (χ1) is 15.3. The molecule has 0 radical (unpaired) electrons. The van der Waals surface area contributed by atoms with Gasteiger partial charge in [-0.1, -0.05) is 36.4 Å². The Morgan fingerprint density at radius 1 is 0.875 bits per heavy atom. The Morgan fingerprint density at radius 3 is 2.09 bits per heavy atom. The zero-order valence-corrected chi connectivity index (χ0v) is 17.8. The minimum absolute atomic E-state index is 0.0239. The summed E-state index contributed by atoms with van der Waals surface area (Å²) in [5.41, 5.74) is 0.923. The molecule has 0 spiro atoms. The van der Waals surface area contributed by atoms with E-state index in [0.29, 0.717) is 5.69 Å². The van der Waals surface area contributed by atoms with Crippen LogP contribution < -0.4 is 4.31 Å². The maximum atomic E-state index is 13.0. The quantitative estimate of drug-likeness (QED) is 0.423. The van der Waals surface area contributed by atoms with Gasteiger partial charge in [0, 0.05) is 7.05 Å². The van der Waals surface area contributed by atoms with Crippen molar-refractivity contribution in [1.82, 2.24) is 4.90 Å². The minimum Gasteiger partial charge on any atom is -0.440 e. The van der Waals surface area contributed by atoms with Gasteiger partial charge in [-0.15, -0.1) is 0 Å². The minimum atomic E-state index is -3.93. The second-order valence-electron chi connectivity index (χ2n) is 6.98. The fourth-order valence-electron chi connectivity index (χ4n) is 3.28. The van der Waals surface area contributed by atoms with Crippen molar-refractivity contribution in [2.45, 2.75) is 4.90 Å². The van der Waals surface area contributed by atoms with Crippen molar-refractivity contribution in [2.75, 3.05) is 18.1 Å². The number of hydrogen-bond donors (Lipinski definition) is 0. The highest BCUT2D eigenvalue weighted by Gasteiger charge is 2.36. The Labute approximate surface area is 184 Å². The van der Waals surface area contributed by atoms with Crippen molar-refractivity contribution in [3.8, 4) is 0 Å². The maximum absolute atomic E-state index is 13.0. The van der Waals surface area contributed by atoms with Crippen LogP contribution in [0.3, 0.4) is 0 Å². The number of carbonyl (C=O) groups is 3. The normalized spacial score (nSPS) is 13.1. The SMILES string of the molecule is CN(c1ccccc1)S(=O)(=O)c1cccc(C(=O)OCN2C(=O)c3ccccc3C2=O)c1. The zero-order valence-electron chi connectivity index (χ0n) is 17.0. The van der Waals surface area contributed by atoms with Gasteiger partial charge in [-0.25, -0.2) is 18.1 Å². The number of hydrogen-bond acceptors (Lipinski definition) is 6. The molecular formula is C23H18N2O6S. The summed E-state index contributed by atoms with van der Waals surface area (Å²) in [5, 5.41) is 0. The molecule has 0 bridgehead atoms. The predicted octanol–water partition coefficient (Wildman–Crippen LogP) is 2.92. The largest absolute Gasteiger partial charge is 0.440 e. The van der Waals surface area contributed by atoms with E-state index >= 15 is 0 Å². The molecule has 0 saturated heterocycles. The highest BCUT2D eigenvalue weighted by Crippen LogP contribution is 2.24. The smallest absolute Gasteiger partial charge is 0.339 e. The van der Waals surface area contributed by atoms with Gasteiger partial charge in [0.05, 0.1) is 27.3 Å². The first-order valence-corrected chi connectivity index (χ1v) is 11.0. The van der Waals surface area contributed by atoms with Crippen molar-refractivity contribution in [3.05, 3.63) is 95.6 Å². The molecule has 1 heterocycles. The van der Waals surface area contributed by atoms with Crippen molar-refractivity contribution >= 4 is 33.5 Å². The molecule has 0 aliphatic carbocycles. The van der Waals surface area contributed by atoms with Gasteiger partial charge >= 0.3 is 5.97 Å². The molecule has 1 aliphatic heterocycles. The third-order valence-corrected chi connectivity index (χ3v) is 6.83. The fourth-order valence-corrected chi connectivity index (χ4v) is 4.52. The lowest BCUT2D eigenvalue weighted by Crippen LogP contribution is -2.33. The number of benzene rings is 3. The van der Waals surface area contributed by atoms with E-state index in [1.165, 1.54) is 43.4 Å². The van der Waals surface area contributed by atoms with Gasteiger partial charge < -0.3 is 4.74 Å². The Kier molecular flexibility index (Phi) is 5.50. The molecule has 3 aromatic carbocycles. The standard InChI is InChI=1S/C23H18N2O6S/c1-24(17-9-3-2-4-10-17)32(29,30)18-11-7-8-16(14-18)23(28)31-15-25-21(26)19-12-5-6-13-20(19)22(25)27/h2-14H,15H2,1H3. The number of ether oxygens (including phenoxy) is 1. The topological polar surface area (TPSA) is 101 Å². The highest BCUT2D eigenvalue weighted by atomic mass is 32.2. The molecule has 0 fully saturated rings. The molecule has 3 aromatic rings. The van der Waals surface area contributed by atoms with E-state index in [9.17, 15) is 22.8 Å². The van der Waals surface area contributed by atoms with E-state index in [-0.39, 0.29) is 21.6 Å². The molecule has 8 nitrogen and oxygen atoms in total. The molecule has 0 saturated carbocycles. The number of para-hydroxylation sites is 1. The average molecular weight is 450 g/mol. The fraction of sp³-hybridized carbons (Fsp3) is 0.0870. The van der Waals surface area contributed by atoms with Crippen LogP contribution in [0.25, 0.3) is 0 Å². The molecule has 32 heavy (non-hydrogen) atoms. The summed E-state index contributed by atoms with van der Waals surface area (Å²) in [6.07, 6.45) is 0. The lowest BCUT2D eigenvalue weighted by Gasteiger charge is -2.19. The van der Waals surface area contributed by atoms with Gasteiger partial charge in [-0.2, -0.15) is 0 Å². The van der Waals surface area contributed by atoms with Crippen LogP contribution in [-0.2, 0) is 14.8 Å². The third-order valence-electron chi connectivity index (χ3n) is 5.05. The number of anilines is 1.